The van der Waals surface area contributed by atoms with Crippen LogP contribution in [0.5, 0.6) is 0 Å². The summed E-state index contributed by atoms with van der Waals surface area (Å²) in [5, 5.41) is 3.05. The number of hydrogen-bond donors (Lipinski definition) is 2. The summed E-state index contributed by atoms with van der Waals surface area (Å²) in [5.41, 5.74) is 8.64. The smallest absolute Gasteiger partial charge is 0.185 e. The molecule has 100 valence electrons. The molecule has 6 nitrogen and oxygen atoms in total. The molecule has 3 aromatic rings. The number of rotatable bonds is 2. The molecule has 0 aliphatic heterocycles. The first kappa shape index (κ1) is 12.3. The Balaban J connectivity index is 2.32. The van der Waals surface area contributed by atoms with E-state index in [4.69, 9.17) is 5.73 Å². The van der Waals surface area contributed by atoms with Gasteiger partial charge in [0.2, 0.25) is 0 Å². The molecule has 0 fully saturated rings. The van der Waals surface area contributed by atoms with Crippen molar-refractivity contribution in [3.63, 3.8) is 0 Å². The van der Waals surface area contributed by atoms with Crippen LogP contribution in [0.1, 0.15) is 5.82 Å². The van der Waals surface area contributed by atoms with Crippen molar-refractivity contribution in [1.29, 1.82) is 0 Å². The third kappa shape index (κ3) is 2.01. The maximum Gasteiger partial charge on any atom is 0.185 e. The summed E-state index contributed by atoms with van der Waals surface area (Å²) in [6.07, 6.45) is 0. The zero-order chi connectivity index (χ0) is 14.1. The summed E-state index contributed by atoms with van der Waals surface area (Å²) in [7, 11) is 1.81. The number of fused-ring (bicyclic) bond motifs is 1. The predicted octanol–water partition coefficient (Wildman–Crippen LogP) is 2.02. The summed E-state index contributed by atoms with van der Waals surface area (Å²) in [6.45, 7) is 1.78. The molecule has 0 aliphatic rings. The van der Waals surface area contributed by atoms with Gasteiger partial charge in [0.25, 0.3) is 0 Å². The van der Waals surface area contributed by atoms with Gasteiger partial charge < -0.3 is 11.1 Å². The molecule has 3 rings (SSSR count). The fourth-order valence-corrected chi connectivity index (χ4v) is 2.05. The molecule has 0 atom stereocenters. The van der Waals surface area contributed by atoms with Gasteiger partial charge in [-0.25, -0.2) is 19.9 Å². The Bertz CT molecular complexity index is 769. The van der Waals surface area contributed by atoms with Gasteiger partial charge in [0.15, 0.2) is 22.8 Å². The molecule has 0 amide bonds. The summed E-state index contributed by atoms with van der Waals surface area (Å²) in [5.74, 6) is 1.60. The van der Waals surface area contributed by atoms with Crippen molar-refractivity contribution >= 4 is 22.8 Å². The lowest BCUT2D eigenvalue weighted by atomic mass is 10.1. The molecule has 20 heavy (non-hydrogen) atoms. The van der Waals surface area contributed by atoms with E-state index in [-0.39, 0.29) is 0 Å². The molecule has 0 saturated carbocycles. The number of aryl methyl sites for hydroxylation is 1. The molecule has 0 aliphatic carbocycles. The van der Waals surface area contributed by atoms with Crippen LogP contribution in [-0.2, 0) is 0 Å². The average molecular weight is 266 g/mol. The topological polar surface area (TPSA) is 89.6 Å². The number of hydrogen-bond acceptors (Lipinski definition) is 6. The molecule has 2 heterocycles. The Morgan fingerprint density at radius 3 is 2.45 bits per heavy atom. The van der Waals surface area contributed by atoms with Crippen molar-refractivity contribution in [3.8, 4) is 11.3 Å². The van der Waals surface area contributed by atoms with Crippen LogP contribution in [0.2, 0.25) is 0 Å². The quantitative estimate of drug-likeness (QED) is 0.737. The minimum Gasteiger partial charge on any atom is -0.382 e. The first-order valence-electron chi connectivity index (χ1n) is 6.24. The maximum absolute atomic E-state index is 5.92. The molecule has 2 aromatic heterocycles. The minimum absolute atomic E-state index is 0.347. The Labute approximate surface area is 116 Å². The highest BCUT2D eigenvalue weighted by atomic mass is 15.1. The van der Waals surface area contributed by atoms with Crippen LogP contribution >= 0.6 is 0 Å². The number of nitrogens with zero attached hydrogens (tertiary/aromatic N) is 4. The van der Waals surface area contributed by atoms with Crippen LogP contribution in [0, 0.1) is 6.92 Å². The summed E-state index contributed by atoms with van der Waals surface area (Å²) in [4.78, 5) is 17.5. The lowest BCUT2D eigenvalue weighted by Gasteiger charge is -2.10. The van der Waals surface area contributed by atoms with Crippen LogP contribution in [0.25, 0.3) is 22.4 Å². The Kier molecular flexibility index (Phi) is 2.90. The van der Waals surface area contributed by atoms with Crippen molar-refractivity contribution in [1.82, 2.24) is 19.9 Å². The van der Waals surface area contributed by atoms with Crippen molar-refractivity contribution in [2.75, 3.05) is 18.1 Å². The summed E-state index contributed by atoms with van der Waals surface area (Å²) < 4.78 is 0. The van der Waals surface area contributed by atoms with Gasteiger partial charge in [-0.05, 0) is 6.92 Å². The largest absolute Gasteiger partial charge is 0.382 e. The van der Waals surface area contributed by atoms with E-state index < -0.39 is 0 Å². The second-order valence-corrected chi connectivity index (χ2v) is 4.37. The Hall–Kier alpha value is -2.76. The summed E-state index contributed by atoms with van der Waals surface area (Å²) >= 11 is 0. The maximum atomic E-state index is 5.92. The first-order valence-corrected chi connectivity index (χ1v) is 6.24. The number of anilines is 2. The standard InChI is InChI=1S/C14H14N6/c1-8-17-12(15)11-14(18-8)20-13(16-2)10(19-11)9-6-4-3-5-7-9/h3-7H,1-2H3,(H3,15,16,17,18,20). The van der Waals surface area contributed by atoms with Crippen molar-refractivity contribution in [2.45, 2.75) is 6.92 Å². The molecule has 0 spiro atoms. The monoisotopic (exact) mass is 266 g/mol. The van der Waals surface area contributed by atoms with E-state index in [0.29, 0.717) is 28.6 Å². The summed E-state index contributed by atoms with van der Waals surface area (Å²) in [6, 6.07) is 9.81. The third-order valence-corrected chi connectivity index (χ3v) is 2.95. The third-order valence-electron chi connectivity index (χ3n) is 2.95. The highest BCUT2D eigenvalue weighted by molar-refractivity contribution is 5.86. The van der Waals surface area contributed by atoms with E-state index in [2.05, 4.69) is 25.3 Å². The molecule has 0 bridgehead atoms. The molecular formula is C14H14N6. The molecular weight excluding hydrogens is 252 g/mol. The van der Waals surface area contributed by atoms with Gasteiger partial charge in [-0.15, -0.1) is 0 Å². The highest BCUT2D eigenvalue weighted by Crippen LogP contribution is 2.27. The van der Waals surface area contributed by atoms with Crippen molar-refractivity contribution in [3.05, 3.63) is 36.2 Å². The molecule has 6 heteroatoms. The first-order chi connectivity index (χ1) is 9.69. The van der Waals surface area contributed by atoms with Crippen LogP contribution in [0.4, 0.5) is 11.6 Å². The molecule has 3 N–H and O–H groups in total. The van der Waals surface area contributed by atoms with Crippen molar-refractivity contribution in [2.24, 2.45) is 0 Å². The Morgan fingerprint density at radius 2 is 1.75 bits per heavy atom. The lowest BCUT2D eigenvalue weighted by Crippen LogP contribution is -2.05. The van der Waals surface area contributed by atoms with Gasteiger partial charge in [0.1, 0.15) is 11.5 Å². The number of nitrogen functional groups attached to an aromatic ring is 1. The lowest BCUT2D eigenvalue weighted by molar-refractivity contribution is 1.06. The fraction of sp³-hybridized carbons (Fsp3) is 0.143. The van der Waals surface area contributed by atoms with Crippen LogP contribution in [0.3, 0.4) is 0 Å². The molecule has 0 saturated heterocycles. The van der Waals surface area contributed by atoms with Crippen LogP contribution in [-0.4, -0.2) is 27.0 Å². The zero-order valence-electron chi connectivity index (χ0n) is 11.3. The number of aromatic nitrogens is 4. The second-order valence-electron chi connectivity index (χ2n) is 4.37. The number of nitrogens with one attached hydrogen (secondary N) is 1. The zero-order valence-corrected chi connectivity index (χ0v) is 11.3. The van der Waals surface area contributed by atoms with E-state index in [1.54, 1.807) is 14.0 Å². The van der Waals surface area contributed by atoms with Crippen LogP contribution < -0.4 is 11.1 Å². The number of nitrogens with two attached hydrogens (primary N) is 1. The van der Waals surface area contributed by atoms with Gasteiger partial charge in [0.05, 0.1) is 0 Å². The minimum atomic E-state index is 0.347. The van der Waals surface area contributed by atoms with Gasteiger partial charge in [-0.2, -0.15) is 0 Å². The fourth-order valence-electron chi connectivity index (χ4n) is 2.05. The average Bonchev–Trinajstić information content (AvgIpc) is 2.46. The van der Waals surface area contributed by atoms with E-state index in [0.717, 1.165) is 11.3 Å². The Morgan fingerprint density at radius 1 is 1.00 bits per heavy atom. The van der Waals surface area contributed by atoms with Gasteiger partial charge in [0, 0.05) is 12.6 Å². The predicted molar refractivity (Wildman–Crippen MR) is 79.3 cm³/mol. The van der Waals surface area contributed by atoms with Gasteiger partial charge >= 0.3 is 0 Å². The van der Waals surface area contributed by atoms with Gasteiger partial charge in [-0.3, -0.25) is 0 Å². The van der Waals surface area contributed by atoms with E-state index >= 15 is 0 Å². The number of benzene rings is 1. The van der Waals surface area contributed by atoms with Crippen molar-refractivity contribution < 1.29 is 0 Å². The van der Waals surface area contributed by atoms with E-state index in [9.17, 15) is 0 Å². The van der Waals surface area contributed by atoms with E-state index in [1.807, 2.05) is 30.3 Å². The molecule has 0 radical (unpaired) electrons. The SMILES string of the molecule is CNc1nc2nc(C)nc(N)c2nc1-c1ccccc1. The van der Waals surface area contributed by atoms with Crippen LogP contribution in [0.15, 0.2) is 30.3 Å². The highest BCUT2D eigenvalue weighted by Gasteiger charge is 2.13. The van der Waals surface area contributed by atoms with E-state index in [1.165, 1.54) is 0 Å². The molecule has 1 aromatic carbocycles. The van der Waals surface area contributed by atoms with Gasteiger partial charge in [-0.1, -0.05) is 30.3 Å². The normalized spacial score (nSPS) is 10.7. The molecule has 0 unspecified atom stereocenters. The second kappa shape index (κ2) is 4.73.